The highest BCUT2D eigenvalue weighted by Crippen LogP contribution is 2.47. The van der Waals surface area contributed by atoms with Crippen molar-refractivity contribution in [2.24, 2.45) is 0 Å². The van der Waals surface area contributed by atoms with Crippen LogP contribution in [0, 0.1) is 0 Å². The van der Waals surface area contributed by atoms with Crippen molar-refractivity contribution in [3.63, 3.8) is 0 Å². The average molecular weight is 713 g/mol. The van der Waals surface area contributed by atoms with Gasteiger partial charge in [-0.25, -0.2) is 0 Å². The van der Waals surface area contributed by atoms with Gasteiger partial charge in [0.15, 0.2) is 42.6 Å². The topological polar surface area (TPSA) is 55.4 Å². The highest BCUT2D eigenvalue weighted by Gasteiger charge is 2.56. The first-order valence-electron chi connectivity index (χ1n) is 18.1. The molecule has 3 aliphatic heterocycles. The Labute approximate surface area is 301 Å². The van der Waals surface area contributed by atoms with Crippen molar-refractivity contribution in [2.45, 2.75) is 120 Å². The molecule has 0 aromatic heterocycles. The molecule has 0 N–H and O–H groups in total. The van der Waals surface area contributed by atoms with Gasteiger partial charge in [0, 0.05) is 0 Å². The van der Waals surface area contributed by atoms with E-state index in [0.29, 0.717) is 0 Å². The second-order valence-electron chi connectivity index (χ2n) is 14.9. The molecule has 0 atom stereocenters. The fraction of sp³-hybridized carbons (Fsp3) is 0.429. The van der Waals surface area contributed by atoms with Gasteiger partial charge in [0.1, 0.15) is 0 Å². The number of hydrogen-bond donors (Lipinski definition) is 0. The third-order valence-electron chi connectivity index (χ3n) is 8.50. The van der Waals surface area contributed by atoms with Crippen LogP contribution in [0.3, 0.4) is 0 Å². The molecular weight excluding hydrogens is 660 g/mol. The minimum Gasteiger partial charge on any atom is -0.487 e. The summed E-state index contributed by atoms with van der Waals surface area (Å²) in [5, 5.41) is 9.13. The summed E-state index contributed by atoms with van der Waals surface area (Å²) in [5.74, 6) is 4.66. The molecule has 0 unspecified atom stereocenters. The molecule has 0 saturated heterocycles. The molecule has 0 saturated carbocycles. The second-order valence-corrected chi connectivity index (χ2v) is 20.7. The number of benzene rings is 4. The first-order valence-corrected chi connectivity index (χ1v) is 21.5. The summed E-state index contributed by atoms with van der Waals surface area (Å²) in [5.41, 5.74) is 0. The summed E-state index contributed by atoms with van der Waals surface area (Å²) in [6, 6.07) is 24.8. The average Bonchev–Trinajstić information content (AvgIpc) is 3.01. The molecule has 3 aliphatic rings. The quantitative estimate of drug-likeness (QED) is 0.106. The summed E-state index contributed by atoms with van der Waals surface area (Å²) in [4.78, 5) is 0. The zero-order valence-electron chi connectivity index (χ0n) is 31.7. The van der Waals surface area contributed by atoms with E-state index < -0.39 is 16.0 Å². The van der Waals surface area contributed by atoms with Gasteiger partial charge >= 0.3 is 0 Å². The van der Waals surface area contributed by atoms with E-state index in [1.807, 2.05) is 0 Å². The molecule has 3 heterocycles. The Morgan fingerprint density at radius 1 is 0.380 bits per heavy atom. The molecule has 2 bridgehead atoms. The van der Waals surface area contributed by atoms with E-state index in [-0.39, 0.29) is 36.6 Å². The molecule has 4 aromatic carbocycles. The minimum absolute atomic E-state index is 0.0143. The van der Waals surface area contributed by atoms with Crippen LogP contribution < -0.4 is 65.1 Å². The molecule has 50 heavy (non-hydrogen) atoms. The Balaban J connectivity index is 1.80. The predicted molar refractivity (Wildman–Crippen MR) is 210 cm³/mol. The molecule has 8 heteroatoms. The lowest BCUT2D eigenvalue weighted by molar-refractivity contribution is 0.199. The lowest BCUT2D eigenvalue weighted by Crippen LogP contribution is -2.86. The third-order valence-corrected chi connectivity index (χ3v) is 16.6. The molecule has 4 aromatic rings. The Hall–Kier alpha value is -3.67. The Bertz CT molecular complexity index is 1670. The fourth-order valence-electron chi connectivity index (χ4n) is 7.16. The maximum absolute atomic E-state index is 6.57. The molecule has 0 spiro atoms. The molecule has 0 fully saturated rings. The molecule has 266 valence electrons. The monoisotopic (exact) mass is 712 g/mol. The third kappa shape index (κ3) is 6.59. The highest BCUT2D eigenvalue weighted by molar-refractivity contribution is 7.83. The Morgan fingerprint density at radius 2 is 0.640 bits per heavy atom. The number of ether oxygens (including phenoxy) is 6. The van der Waals surface area contributed by atoms with Crippen LogP contribution in [0.25, 0.3) is 0 Å². The van der Waals surface area contributed by atoms with E-state index in [1.165, 1.54) is 36.7 Å². The summed E-state index contributed by atoms with van der Waals surface area (Å²) < 4.78 is 39.3. The standard InChI is InChI=1S/C42H53O6PSi/c1-24(2)43-31-18-37-40(21-34(31)46-27(7)8)50(30-16-14-13-15-17-30)41-22-35(47-28(9)10)32(44-25(3)4)19-38(41)49(37)39-20-33(45-26(5)6)36(23-42(39)50)48-29(11)12/h13-29H,1-12H3. The van der Waals surface area contributed by atoms with Gasteiger partial charge in [0.2, 0.25) is 0 Å². The predicted octanol–water partition coefficient (Wildman–Crippen LogP) is 6.17. The van der Waals surface area contributed by atoms with Crippen LogP contribution in [0.2, 0.25) is 0 Å². The van der Waals surface area contributed by atoms with E-state index in [9.17, 15) is 0 Å². The lowest BCUT2D eigenvalue weighted by Gasteiger charge is -2.50. The van der Waals surface area contributed by atoms with Crippen LogP contribution in [0.5, 0.6) is 34.5 Å². The molecule has 6 nitrogen and oxygen atoms in total. The van der Waals surface area contributed by atoms with Crippen LogP contribution in [0.1, 0.15) is 83.1 Å². The van der Waals surface area contributed by atoms with Crippen molar-refractivity contribution < 1.29 is 28.4 Å². The summed E-state index contributed by atoms with van der Waals surface area (Å²) in [6.45, 7) is 24.8. The maximum atomic E-state index is 6.57. The Kier molecular flexibility index (Phi) is 10.2. The van der Waals surface area contributed by atoms with E-state index in [0.717, 1.165) is 34.5 Å². The van der Waals surface area contributed by atoms with Gasteiger partial charge in [0.25, 0.3) is 0 Å². The molecule has 7 rings (SSSR count). The van der Waals surface area contributed by atoms with Gasteiger partial charge in [-0.2, -0.15) is 0 Å². The van der Waals surface area contributed by atoms with Crippen molar-refractivity contribution >= 4 is 52.7 Å². The Morgan fingerprint density at radius 3 is 0.900 bits per heavy atom. The maximum Gasteiger partial charge on any atom is 0.182 e. The van der Waals surface area contributed by atoms with Crippen LogP contribution in [-0.4, -0.2) is 44.7 Å². The molecule has 0 amide bonds. The van der Waals surface area contributed by atoms with Crippen LogP contribution >= 0.6 is 7.92 Å². The van der Waals surface area contributed by atoms with Crippen molar-refractivity contribution in [2.75, 3.05) is 0 Å². The first kappa shape index (κ1) is 36.1. The number of hydrogen-bond acceptors (Lipinski definition) is 6. The molecular formula is C42H53O6PSi. The first-order chi connectivity index (χ1) is 23.7. The van der Waals surface area contributed by atoms with Gasteiger partial charge < -0.3 is 28.4 Å². The van der Waals surface area contributed by atoms with Crippen molar-refractivity contribution in [3.8, 4) is 34.5 Å². The van der Waals surface area contributed by atoms with Crippen LogP contribution in [0.4, 0.5) is 0 Å². The number of rotatable bonds is 13. The molecule has 0 aliphatic carbocycles. The van der Waals surface area contributed by atoms with Crippen LogP contribution in [-0.2, 0) is 0 Å². The van der Waals surface area contributed by atoms with Gasteiger partial charge in [-0.15, -0.1) is 0 Å². The van der Waals surface area contributed by atoms with Crippen molar-refractivity contribution in [1.29, 1.82) is 0 Å². The second kappa shape index (κ2) is 14.2. The highest BCUT2D eigenvalue weighted by atomic mass is 31.1. The smallest absolute Gasteiger partial charge is 0.182 e. The summed E-state index contributed by atoms with van der Waals surface area (Å²) >= 11 is 0. The van der Waals surface area contributed by atoms with Gasteiger partial charge in [0.05, 0.1) is 36.6 Å². The van der Waals surface area contributed by atoms with E-state index in [1.54, 1.807) is 0 Å². The van der Waals surface area contributed by atoms with E-state index in [4.69, 9.17) is 28.4 Å². The zero-order chi connectivity index (χ0) is 36.1. The fourth-order valence-corrected chi connectivity index (χ4v) is 17.0. The normalized spacial score (nSPS) is 17.4. The van der Waals surface area contributed by atoms with E-state index >= 15 is 0 Å². The van der Waals surface area contributed by atoms with E-state index in [2.05, 4.69) is 150 Å². The summed E-state index contributed by atoms with van der Waals surface area (Å²) in [7, 11) is -4.12. The van der Waals surface area contributed by atoms with Gasteiger partial charge in [-0.05, 0) is 164 Å². The zero-order valence-corrected chi connectivity index (χ0v) is 33.6. The van der Waals surface area contributed by atoms with Gasteiger partial charge in [-0.1, -0.05) is 30.3 Å². The summed E-state index contributed by atoms with van der Waals surface area (Å²) in [6.07, 6.45) is -0.108. The van der Waals surface area contributed by atoms with Crippen molar-refractivity contribution in [1.82, 2.24) is 0 Å². The largest absolute Gasteiger partial charge is 0.487 e. The molecule has 0 radical (unpaired) electrons. The van der Waals surface area contributed by atoms with Crippen LogP contribution in [0.15, 0.2) is 66.7 Å². The SMILES string of the molecule is CC(C)Oc1cc2c(cc1OC(C)C)[Si]1(c3ccccc3)c3cc(OC(C)C)c(OC(C)C)cc3P2c2cc(OC(C)C)c(OC(C)C)cc21. The van der Waals surface area contributed by atoms with Crippen molar-refractivity contribution in [3.05, 3.63) is 66.7 Å². The van der Waals surface area contributed by atoms with Gasteiger partial charge in [-0.3, -0.25) is 0 Å². The minimum atomic E-state index is -3.06. The lowest BCUT2D eigenvalue weighted by atomic mass is 10.2.